The molecule has 1 aromatic rings. The van der Waals surface area contributed by atoms with E-state index in [1.54, 1.807) is 0 Å². The van der Waals surface area contributed by atoms with Crippen LogP contribution in [-0.2, 0) is 0 Å². The van der Waals surface area contributed by atoms with Crippen molar-refractivity contribution in [2.24, 2.45) is 0 Å². The standard InChI is InChI=1S/C5H6Cl2N4OS/c6-3(7)1-8-5(12)10-4-2-9-11-13-4/h2-3H,1H2,(H2,8,10,12). The van der Waals surface area contributed by atoms with Crippen LogP contribution in [-0.4, -0.2) is 27.0 Å². The van der Waals surface area contributed by atoms with Gasteiger partial charge in [0.1, 0.15) is 9.84 Å². The summed E-state index contributed by atoms with van der Waals surface area (Å²) < 4.78 is 3.57. The van der Waals surface area contributed by atoms with E-state index in [9.17, 15) is 4.79 Å². The number of urea groups is 1. The predicted octanol–water partition coefficient (Wildman–Crippen LogP) is 1.46. The summed E-state index contributed by atoms with van der Waals surface area (Å²) in [6, 6.07) is -0.377. The highest BCUT2D eigenvalue weighted by Crippen LogP contribution is 2.08. The monoisotopic (exact) mass is 240 g/mol. The second-order valence-corrected chi connectivity index (χ2v) is 4.07. The first-order valence-corrected chi connectivity index (χ1v) is 4.93. The van der Waals surface area contributed by atoms with Crippen molar-refractivity contribution < 1.29 is 4.79 Å². The molecule has 2 amide bonds. The lowest BCUT2D eigenvalue weighted by Crippen LogP contribution is -2.31. The third-order valence-electron chi connectivity index (χ3n) is 1.01. The first kappa shape index (κ1) is 10.5. The van der Waals surface area contributed by atoms with Crippen molar-refractivity contribution in [2.75, 3.05) is 11.9 Å². The third kappa shape index (κ3) is 4.25. The normalized spacial score (nSPS) is 10.1. The summed E-state index contributed by atoms with van der Waals surface area (Å²) in [6.07, 6.45) is 1.45. The van der Waals surface area contributed by atoms with Crippen molar-refractivity contribution >= 4 is 45.8 Å². The number of aromatic nitrogens is 2. The molecule has 0 aliphatic carbocycles. The average molecular weight is 241 g/mol. The summed E-state index contributed by atoms with van der Waals surface area (Å²) >= 11 is 11.9. The molecule has 0 fully saturated rings. The van der Waals surface area contributed by atoms with Crippen molar-refractivity contribution in [3.05, 3.63) is 6.20 Å². The van der Waals surface area contributed by atoms with Crippen molar-refractivity contribution in [2.45, 2.75) is 4.84 Å². The number of nitrogens with zero attached hydrogens (tertiary/aromatic N) is 2. The fourth-order valence-electron chi connectivity index (χ4n) is 0.548. The number of anilines is 1. The second-order valence-electron chi connectivity index (χ2n) is 2.01. The largest absolute Gasteiger partial charge is 0.335 e. The summed E-state index contributed by atoms with van der Waals surface area (Å²) in [4.78, 5) is 10.4. The lowest BCUT2D eigenvalue weighted by molar-refractivity contribution is 0.252. The maximum absolute atomic E-state index is 11.0. The smallest absolute Gasteiger partial charge is 0.320 e. The van der Waals surface area contributed by atoms with Crippen LogP contribution in [0.25, 0.3) is 0 Å². The zero-order chi connectivity index (χ0) is 9.68. The highest BCUT2D eigenvalue weighted by molar-refractivity contribution is 7.10. The lowest BCUT2D eigenvalue weighted by atomic mass is 10.7. The third-order valence-corrected chi connectivity index (χ3v) is 1.90. The van der Waals surface area contributed by atoms with Crippen LogP contribution in [0.2, 0.25) is 0 Å². The van der Waals surface area contributed by atoms with E-state index in [2.05, 4.69) is 20.2 Å². The van der Waals surface area contributed by atoms with E-state index < -0.39 is 4.84 Å². The summed E-state index contributed by atoms with van der Waals surface area (Å²) in [5, 5.41) is 9.07. The van der Waals surface area contributed by atoms with Gasteiger partial charge in [-0.05, 0) is 0 Å². The molecule has 0 unspecified atom stereocenters. The van der Waals surface area contributed by atoms with Crippen molar-refractivity contribution in [1.82, 2.24) is 14.9 Å². The summed E-state index contributed by atoms with van der Waals surface area (Å²) in [5.74, 6) is 0. The Labute approximate surface area is 88.6 Å². The van der Waals surface area contributed by atoms with E-state index in [0.717, 1.165) is 11.5 Å². The molecule has 1 heterocycles. The summed E-state index contributed by atoms with van der Waals surface area (Å²) in [5.41, 5.74) is 0. The molecular formula is C5H6Cl2N4OS. The molecular weight excluding hydrogens is 235 g/mol. The van der Waals surface area contributed by atoms with Crippen LogP contribution in [0.5, 0.6) is 0 Å². The molecule has 0 saturated carbocycles. The fraction of sp³-hybridized carbons (Fsp3) is 0.400. The average Bonchev–Trinajstić information content (AvgIpc) is 2.53. The van der Waals surface area contributed by atoms with Gasteiger partial charge in [0.25, 0.3) is 0 Å². The van der Waals surface area contributed by atoms with Gasteiger partial charge in [0, 0.05) is 18.1 Å². The van der Waals surface area contributed by atoms with Crippen LogP contribution in [0.3, 0.4) is 0 Å². The van der Waals surface area contributed by atoms with Gasteiger partial charge in [0.05, 0.1) is 6.20 Å². The maximum atomic E-state index is 11.0. The van der Waals surface area contributed by atoms with Crippen LogP contribution < -0.4 is 10.6 Å². The lowest BCUT2D eigenvalue weighted by Gasteiger charge is -2.04. The summed E-state index contributed by atoms with van der Waals surface area (Å²) in [6.45, 7) is 0.196. The van der Waals surface area contributed by atoms with Gasteiger partial charge < -0.3 is 5.32 Å². The highest BCUT2D eigenvalue weighted by Gasteiger charge is 2.04. The molecule has 0 saturated heterocycles. The molecule has 0 aliphatic heterocycles. The molecule has 8 heteroatoms. The zero-order valence-corrected chi connectivity index (χ0v) is 8.66. The second kappa shape index (κ2) is 5.21. The van der Waals surface area contributed by atoms with Gasteiger partial charge in [0.15, 0.2) is 0 Å². The van der Waals surface area contributed by atoms with E-state index >= 15 is 0 Å². The Balaban J connectivity index is 2.26. The van der Waals surface area contributed by atoms with E-state index in [-0.39, 0.29) is 12.6 Å². The minimum atomic E-state index is -0.606. The predicted molar refractivity (Wildman–Crippen MR) is 52.4 cm³/mol. The van der Waals surface area contributed by atoms with Gasteiger partial charge >= 0.3 is 6.03 Å². The summed E-state index contributed by atoms with van der Waals surface area (Å²) in [7, 11) is 0. The molecule has 13 heavy (non-hydrogen) atoms. The quantitative estimate of drug-likeness (QED) is 0.787. The minimum absolute atomic E-state index is 0.196. The van der Waals surface area contributed by atoms with Gasteiger partial charge in [-0.15, -0.1) is 28.3 Å². The molecule has 1 rings (SSSR count). The van der Waals surface area contributed by atoms with Crippen LogP contribution in [0.4, 0.5) is 9.80 Å². The van der Waals surface area contributed by atoms with E-state index in [0.29, 0.717) is 5.00 Å². The number of carbonyl (C=O) groups excluding carboxylic acids is 1. The number of halogens is 2. The van der Waals surface area contributed by atoms with Crippen LogP contribution in [0, 0.1) is 0 Å². The van der Waals surface area contributed by atoms with Crippen LogP contribution >= 0.6 is 34.7 Å². The fourth-order valence-corrected chi connectivity index (χ4v) is 1.12. The van der Waals surface area contributed by atoms with Gasteiger partial charge in [-0.2, -0.15) is 0 Å². The van der Waals surface area contributed by atoms with Crippen molar-refractivity contribution in [1.29, 1.82) is 0 Å². The van der Waals surface area contributed by atoms with Crippen LogP contribution in [0.15, 0.2) is 6.20 Å². The van der Waals surface area contributed by atoms with Gasteiger partial charge in [-0.1, -0.05) is 4.49 Å². The zero-order valence-electron chi connectivity index (χ0n) is 6.33. The minimum Gasteiger partial charge on any atom is -0.335 e. The SMILES string of the molecule is O=C(NCC(Cl)Cl)Nc1cnns1. The molecule has 0 atom stereocenters. The molecule has 0 spiro atoms. The number of hydrogen-bond acceptors (Lipinski definition) is 4. The number of hydrogen-bond donors (Lipinski definition) is 2. The number of alkyl halides is 2. The number of nitrogens with one attached hydrogen (secondary N) is 2. The molecule has 0 aliphatic rings. The van der Waals surface area contributed by atoms with Crippen LogP contribution in [0.1, 0.15) is 0 Å². The van der Waals surface area contributed by atoms with Crippen molar-refractivity contribution in [3.63, 3.8) is 0 Å². The first-order chi connectivity index (χ1) is 6.18. The molecule has 2 N–H and O–H groups in total. The first-order valence-electron chi connectivity index (χ1n) is 3.29. The number of rotatable bonds is 3. The van der Waals surface area contributed by atoms with E-state index in [1.165, 1.54) is 6.20 Å². The van der Waals surface area contributed by atoms with Gasteiger partial charge in [-0.25, -0.2) is 4.79 Å². The number of amides is 2. The Hall–Kier alpha value is -0.590. The van der Waals surface area contributed by atoms with E-state index in [1.807, 2.05) is 0 Å². The molecule has 1 aromatic heterocycles. The Kier molecular flexibility index (Phi) is 4.20. The van der Waals surface area contributed by atoms with Crippen molar-refractivity contribution in [3.8, 4) is 0 Å². The number of carbonyl (C=O) groups is 1. The topological polar surface area (TPSA) is 66.9 Å². The maximum Gasteiger partial charge on any atom is 0.320 e. The highest BCUT2D eigenvalue weighted by atomic mass is 35.5. The van der Waals surface area contributed by atoms with Gasteiger partial charge in [0.2, 0.25) is 0 Å². The molecule has 0 bridgehead atoms. The Bertz CT molecular complexity index is 266. The molecule has 0 aromatic carbocycles. The van der Waals surface area contributed by atoms with Gasteiger partial charge in [-0.3, -0.25) is 5.32 Å². The Morgan fingerprint density at radius 2 is 2.46 bits per heavy atom. The Morgan fingerprint density at radius 3 is 3.00 bits per heavy atom. The van der Waals surface area contributed by atoms with E-state index in [4.69, 9.17) is 23.2 Å². The molecule has 0 radical (unpaired) electrons. The molecule has 5 nitrogen and oxygen atoms in total. The Morgan fingerprint density at radius 1 is 1.69 bits per heavy atom. The molecule has 72 valence electrons.